The molecule has 0 radical (unpaired) electrons. The van der Waals surface area contributed by atoms with Gasteiger partial charge in [-0.25, -0.2) is 4.79 Å². The van der Waals surface area contributed by atoms with Gasteiger partial charge in [-0.1, -0.05) is 54.6 Å². The Morgan fingerprint density at radius 1 is 0.923 bits per heavy atom. The van der Waals surface area contributed by atoms with Crippen molar-refractivity contribution in [3.8, 4) is 11.1 Å². The predicted molar refractivity (Wildman–Crippen MR) is 153 cm³/mol. The SMILES string of the molecule is Cc1cc(NC(=O)c2ccc3c(c2)CCN(C(=O)OC(C)(C)C)C3)nn1Cc1cccc(-c2ccccc2)c1. The number of nitrogens with one attached hydrogen (secondary N) is 1. The van der Waals surface area contributed by atoms with Gasteiger partial charge < -0.3 is 15.0 Å². The number of amides is 2. The van der Waals surface area contributed by atoms with E-state index in [4.69, 9.17) is 4.74 Å². The topological polar surface area (TPSA) is 76.5 Å². The van der Waals surface area contributed by atoms with E-state index in [1.165, 1.54) is 5.56 Å². The van der Waals surface area contributed by atoms with Crippen molar-refractivity contribution < 1.29 is 14.3 Å². The number of benzene rings is 3. The van der Waals surface area contributed by atoms with Gasteiger partial charge in [0.15, 0.2) is 5.82 Å². The van der Waals surface area contributed by atoms with E-state index in [1.54, 1.807) is 11.0 Å². The first-order valence-electron chi connectivity index (χ1n) is 13.2. The number of aryl methyl sites for hydroxylation is 1. The van der Waals surface area contributed by atoms with Gasteiger partial charge in [0.2, 0.25) is 0 Å². The first-order valence-corrected chi connectivity index (χ1v) is 13.2. The molecule has 5 rings (SSSR count). The molecule has 2 amide bonds. The summed E-state index contributed by atoms with van der Waals surface area (Å²) < 4.78 is 7.41. The van der Waals surface area contributed by atoms with Gasteiger partial charge in [0.25, 0.3) is 5.91 Å². The van der Waals surface area contributed by atoms with E-state index < -0.39 is 5.60 Å². The minimum absolute atomic E-state index is 0.205. The lowest BCUT2D eigenvalue weighted by Gasteiger charge is -2.31. The molecule has 2 heterocycles. The lowest BCUT2D eigenvalue weighted by Crippen LogP contribution is -2.39. The van der Waals surface area contributed by atoms with Gasteiger partial charge in [0.1, 0.15) is 5.60 Å². The van der Waals surface area contributed by atoms with Gasteiger partial charge in [0, 0.05) is 30.4 Å². The van der Waals surface area contributed by atoms with Crippen LogP contribution in [0.1, 0.15) is 53.5 Å². The smallest absolute Gasteiger partial charge is 0.410 e. The van der Waals surface area contributed by atoms with Gasteiger partial charge in [0.05, 0.1) is 6.54 Å². The van der Waals surface area contributed by atoms with E-state index in [9.17, 15) is 9.59 Å². The highest BCUT2D eigenvalue weighted by Crippen LogP contribution is 2.24. The molecule has 1 aliphatic rings. The zero-order valence-electron chi connectivity index (χ0n) is 22.9. The number of hydrogen-bond donors (Lipinski definition) is 1. The highest BCUT2D eigenvalue weighted by molar-refractivity contribution is 6.04. The summed E-state index contributed by atoms with van der Waals surface area (Å²) in [6.07, 6.45) is 0.360. The van der Waals surface area contributed by atoms with Crippen molar-refractivity contribution in [2.75, 3.05) is 11.9 Å². The molecule has 4 aromatic rings. The monoisotopic (exact) mass is 522 g/mol. The Bertz CT molecular complexity index is 1500. The summed E-state index contributed by atoms with van der Waals surface area (Å²) in [5, 5.41) is 7.59. The molecule has 7 nitrogen and oxygen atoms in total. The lowest BCUT2D eigenvalue weighted by atomic mass is 9.97. The maximum absolute atomic E-state index is 13.1. The Morgan fingerprint density at radius 3 is 2.46 bits per heavy atom. The first-order chi connectivity index (χ1) is 18.6. The molecule has 0 spiro atoms. The normalized spacial score (nSPS) is 13.1. The quantitative estimate of drug-likeness (QED) is 0.327. The van der Waals surface area contributed by atoms with Crippen molar-refractivity contribution >= 4 is 17.8 Å². The average Bonchev–Trinajstić information content (AvgIpc) is 3.25. The van der Waals surface area contributed by atoms with Crippen LogP contribution >= 0.6 is 0 Å². The number of anilines is 1. The predicted octanol–water partition coefficient (Wildman–Crippen LogP) is 6.45. The van der Waals surface area contributed by atoms with Crippen LogP contribution in [0, 0.1) is 6.92 Å². The second kappa shape index (κ2) is 10.8. The van der Waals surface area contributed by atoms with Crippen molar-refractivity contribution in [3.63, 3.8) is 0 Å². The molecular formula is C32H34N4O3. The molecule has 0 saturated heterocycles. The zero-order chi connectivity index (χ0) is 27.6. The first kappa shape index (κ1) is 26.2. The Kier molecular flexibility index (Phi) is 7.24. The van der Waals surface area contributed by atoms with Crippen LogP contribution in [0.15, 0.2) is 78.9 Å². The molecule has 0 aliphatic carbocycles. The van der Waals surface area contributed by atoms with Crippen molar-refractivity contribution in [2.45, 2.75) is 52.8 Å². The highest BCUT2D eigenvalue weighted by Gasteiger charge is 2.26. The third-order valence-corrected chi connectivity index (χ3v) is 6.72. The Balaban J connectivity index is 1.24. The molecule has 3 aromatic carbocycles. The fourth-order valence-corrected chi connectivity index (χ4v) is 4.75. The van der Waals surface area contributed by atoms with Gasteiger partial charge in [-0.15, -0.1) is 0 Å². The molecule has 0 atom stereocenters. The minimum Gasteiger partial charge on any atom is -0.444 e. The number of ether oxygens (including phenoxy) is 1. The van der Waals surface area contributed by atoms with E-state index in [2.05, 4.69) is 46.8 Å². The fourth-order valence-electron chi connectivity index (χ4n) is 4.75. The van der Waals surface area contributed by atoms with Crippen molar-refractivity contribution in [1.82, 2.24) is 14.7 Å². The number of aromatic nitrogens is 2. The number of carbonyl (C=O) groups excluding carboxylic acids is 2. The maximum atomic E-state index is 13.1. The fraction of sp³-hybridized carbons (Fsp3) is 0.281. The van der Waals surface area contributed by atoms with Crippen LogP contribution in [-0.4, -0.2) is 38.8 Å². The molecule has 0 fully saturated rings. The summed E-state index contributed by atoms with van der Waals surface area (Å²) in [6.45, 7) is 9.21. The standard InChI is InChI=1S/C32H34N4O3/c1-22-17-29(34-36(22)20-23-9-8-12-25(18-23)24-10-6-5-7-11-24)33-30(37)27-13-14-28-21-35(16-15-26(28)19-27)31(38)39-32(2,3)4/h5-14,17-19H,15-16,20-21H2,1-4H3,(H,33,34,37). The molecule has 39 heavy (non-hydrogen) atoms. The highest BCUT2D eigenvalue weighted by atomic mass is 16.6. The molecule has 1 aromatic heterocycles. The van der Waals surface area contributed by atoms with Crippen molar-refractivity contribution in [1.29, 1.82) is 0 Å². The number of hydrogen-bond acceptors (Lipinski definition) is 4. The van der Waals surface area contributed by atoms with E-state index >= 15 is 0 Å². The molecule has 0 unspecified atom stereocenters. The number of rotatable bonds is 5. The summed E-state index contributed by atoms with van der Waals surface area (Å²) in [6, 6.07) is 26.2. The van der Waals surface area contributed by atoms with Crippen LogP contribution in [0.25, 0.3) is 11.1 Å². The molecular weight excluding hydrogens is 488 g/mol. The Hall–Kier alpha value is -4.39. The van der Waals surface area contributed by atoms with Crippen molar-refractivity contribution in [2.24, 2.45) is 0 Å². The average molecular weight is 523 g/mol. The Labute approximate surface area is 229 Å². The van der Waals surface area contributed by atoms with E-state index in [0.29, 0.717) is 37.4 Å². The van der Waals surface area contributed by atoms with Gasteiger partial charge in [-0.2, -0.15) is 5.10 Å². The van der Waals surface area contributed by atoms with E-state index in [-0.39, 0.29) is 12.0 Å². The molecule has 200 valence electrons. The Morgan fingerprint density at radius 2 is 1.69 bits per heavy atom. The molecule has 7 heteroatoms. The van der Waals surface area contributed by atoms with Crippen LogP contribution < -0.4 is 5.32 Å². The zero-order valence-corrected chi connectivity index (χ0v) is 22.9. The number of carbonyl (C=O) groups is 2. The second-order valence-corrected chi connectivity index (χ2v) is 11.0. The summed E-state index contributed by atoms with van der Waals surface area (Å²) in [5.41, 5.74) is 6.57. The van der Waals surface area contributed by atoms with Crippen LogP contribution in [0.2, 0.25) is 0 Å². The van der Waals surface area contributed by atoms with Crippen LogP contribution in [-0.2, 0) is 24.2 Å². The number of fused-ring (bicyclic) bond motifs is 1. The minimum atomic E-state index is -0.531. The summed E-state index contributed by atoms with van der Waals surface area (Å²) in [7, 11) is 0. The second-order valence-electron chi connectivity index (χ2n) is 11.0. The maximum Gasteiger partial charge on any atom is 0.410 e. The molecule has 1 N–H and O–H groups in total. The molecule has 0 bridgehead atoms. The van der Waals surface area contributed by atoms with E-state index in [1.807, 2.05) is 68.8 Å². The van der Waals surface area contributed by atoms with Gasteiger partial charge in [-0.05, 0) is 80.1 Å². The lowest BCUT2D eigenvalue weighted by molar-refractivity contribution is 0.0224. The number of nitrogens with zero attached hydrogens (tertiary/aromatic N) is 3. The summed E-state index contributed by atoms with van der Waals surface area (Å²) >= 11 is 0. The summed E-state index contributed by atoms with van der Waals surface area (Å²) in [5.74, 6) is 0.314. The third-order valence-electron chi connectivity index (χ3n) is 6.72. The molecule has 0 saturated carbocycles. The van der Waals surface area contributed by atoms with Gasteiger partial charge in [-0.3, -0.25) is 9.48 Å². The van der Waals surface area contributed by atoms with Crippen LogP contribution in [0.4, 0.5) is 10.6 Å². The van der Waals surface area contributed by atoms with Crippen LogP contribution in [0.3, 0.4) is 0 Å². The van der Waals surface area contributed by atoms with Crippen molar-refractivity contribution in [3.05, 3.63) is 107 Å². The molecule has 1 aliphatic heterocycles. The third kappa shape index (κ3) is 6.37. The van der Waals surface area contributed by atoms with Gasteiger partial charge >= 0.3 is 6.09 Å². The van der Waals surface area contributed by atoms with Crippen LogP contribution in [0.5, 0.6) is 0 Å². The summed E-state index contributed by atoms with van der Waals surface area (Å²) in [4.78, 5) is 27.2. The van der Waals surface area contributed by atoms with E-state index in [0.717, 1.165) is 27.9 Å². The largest absolute Gasteiger partial charge is 0.444 e.